The Balaban J connectivity index is 0. The smallest absolute Gasteiger partial charge is 0.373 e. The normalized spacial score (nSPS) is 8.30. The number of hydrogen-bond acceptors (Lipinski definition) is 7. The quantitative estimate of drug-likeness (QED) is 0.528. The number of aromatic hydroxyl groups is 2. The number of carbonyl (C=O) groups excluding carboxylic acids is 4. The third-order valence-corrected chi connectivity index (χ3v) is 2.79. The number of phenols is 2. The van der Waals surface area contributed by atoms with Gasteiger partial charge in [-0.1, -0.05) is 31.7 Å². The van der Waals surface area contributed by atoms with E-state index in [-0.39, 0.29) is 31.5 Å². The number of rotatable bonds is 5. The van der Waals surface area contributed by atoms with E-state index in [0.29, 0.717) is 12.0 Å². The van der Waals surface area contributed by atoms with Gasteiger partial charge in [-0.05, 0) is 35.4 Å². The van der Waals surface area contributed by atoms with Gasteiger partial charge in [-0.25, -0.2) is 4.79 Å². The minimum absolute atomic E-state index is 0. The molecule has 0 amide bonds. The summed E-state index contributed by atoms with van der Waals surface area (Å²) in [4.78, 5) is 47.2. The van der Waals surface area contributed by atoms with Crippen molar-refractivity contribution < 1.29 is 39.3 Å². The molecule has 0 fully saturated rings. The largest absolute Gasteiger partial charge is 0.508 e. The van der Waals surface area contributed by atoms with Crippen LogP contribution in [0.4, 0.5) is 0 Å². The fraction of sp³-hybridized carbons (Fsp3) is 0.158. The fourth-order valence-corrected chi connectivity index (χ4v) is 1.60. The SMILES string of the molecule is C.O=C(O)C(=O)Cc1ccc(O)cc1.O=C=O.O=CCc1ccc(O)cc1. The molecule has 27 heavy (non-hydrogen) atoms. The van der Waals surface area contributed by atoms with Crippen molar-refractivity contribution in [1.29, 1.82) is 0 Å². The number of carbonyl (C=O) groups is 3. The second-order valence-corrected chi connectivity index (χ2v) is 4.69. The molecule has 144 valence electrons. The Morgan fingerprint density at radius 1 is 0.852 bits per heavy atom. The summed E-state index contributed by atoms with van der Waals surface area (Å²) in [7, 11) is 0. The predicted octanol–water partition coefficient (Wildman–Crippen LogP) is 1.77. The van der Waals surface area contributed by atoms with Crippen LogP contribution in [0.2, 0.25) is 0 Å². The number of benzene rings is 2. The summed E-state index contributed by atoms with van der Waals surface area (Å²) in [5, 5.41) is 26.0. The van der Waals surface area contributed by atoms with E-state index in [1.165, 1.54) is 24.3 Å². The van der Waals surface area contributed by atoms with Crippen molar-refractivity contribution in [1.82, 2.24) is 0 Å². The molecule has 0 unspecified atom stereocenters. The number of carboxylic acid groups (broad SMARTS) is 1. The highest BCUT2D eigenvalue weighted by Gasteiger charge is 2.11. The Kier molecular flexibility index (Phi) is 13.7. The summed E-state index contributed by atoms with van der Waals surface area (Å²) in [5.74, 6) is -1.97. The number of aliphatic carboxylic acids is 1. The fourth-order valence-electron chi connectivity index (χ4n) is 1.60. The third-order valence-electron chi connectivity index (χ3n) is 2.79. The molecular formula is C19H20O8. The van der Waals surface area contributed by atoms with Crippen molar-refractivity contribution >= 4 is 24.2 Å². The lowest BCUT2D eigenvalue weighted by atomic mass is 10.1. The Morgan fingerprint density at radius 3 is 1.56 bits per heavy atom. The van der Waals surface area contributed by atoms with Gasteiger partial charge in [-0.15, -0.1) is 0 Å². The van der Waals surface area contributed by atoms with Gasteiger partial charge in [-0.2, -0.15) is 9.59 Å². The molecule has 0 saturated heterocycles. The molecule has 0 aromatic heterocycles. The van der Waals surface area contributed by atoms with Crippen LogP contribution in [0, 0.1) is 0 Å². The summed E-state index contributed by atoms with van der Waals surface area (Å²) in [6.07, 6.45) is 1.36. The van der Waals surface area contributed by atoms with Crippen molar-refractivity contribution in [2.24, 2.45) is 0 Å². The lowest BCUT2D eigenvalue weighted by Gasteiger charge is -1.97. The Morgan fingerprint density at radius 2 is 1.22 bits per heavy atom. The highest BCUT2D eigenvalue weighted by molar-refractivity contribution is 6.33. The van der Waals surface area contributed by atoms with Gasteiger partial charge in [-0.3, -0.25) is 4.79 Å². The lowest BCUT2D eigenvalue weighted by Crippen LogP contribution is -2.14. The summed E-state index contributed by atoms with van der Waals surface area (Å²) in [5.41, 5.74) is 1.50. The van der Waals surface area contributed by atoms with Crippen LogP contribution in [0.3, 0.4) is 0 Å². The van der Waals surface area contributed by atoms with Gasteiger partial charge >= 0.3 is 12.1 Å². The van der Waals surface area contributed by atoms with Crippen molar-refractivity contribution in [3.63, 3.8) is 0 Å². The van der Waals surface area contributed by atoms with Gasteiger partial charge in [0.2, 0.25) is 5.78 Å². The standard InChI is InChI=1S/C9H8O4.C8H8O2.CO2.CH4/c10-7-3-1-6(2-4-7)5-8(11)9(12)13;9-6-5-7-1-3-8(10)4-2-7;2-1-3;/h1-4,10H,5H2,(H,12,13);1-4,6,10H,5H2;;1H4. The molecule has 0 saturated carbocycles. The summed E-state index contributed by atoms with van der Waals surface area (Å²) < 4.78 is 0. The van der Waals surface area contributed by atoms with Crippen molar-refractivity contribution in [3.05, 3.63) is 59.7 Å². The van der Waals surface area contributed by atoms with E-state index in [9.17, 15) is 14.4 Å². The highest BCUT2D eigenvalue weighted by Crippen LogP contribution is 2.10. The average molecular weight is 376 g/mol. The van der Waals surface area contributed by atoms with E-state index in [0.717, 1.165) is 11.8 Å². The van der Waals surface area contributed by atoms with E-state index >= 15 is 0 Å². The lowest BCUT2D eigenvalue weighted by molar-refractivity contribution is -0.191. The van der Waals surface area contributed by atoms with Crippen LogP contribution < -0.4 is 0 Å². The van der Waals surface area contributed by atoms with E-state index in [4.69, 9.17) is 24.9 Å². The molecule has 0 radical (unpaired) electrons. The number of hydrogen-bond donors (Lipinski definition) is 3. The molecule has 8 nitrogen and oxygen atoms in total. The predicted molar refractivity (Wildman–Crippen MR) is 94.1 cm³/mol. The average Bonchev–Trinajstić information content (AvgIpc) is 2.60. The second-order valence-electron chi connectivity index (χ2n) is 4.69. The topological polar surface area (TPSA) is 146 Å². The molecule has 2 rings (SSSR count). The zero-order valence-corrected chi connectivity index (χ0v) is 13.5. The molecule has 0 heterocycles. The monoisotopic (exact) mass is 376 g/mol. The van der Waals surface area contributed by atoms with Crippen molar-refractivity contribution in [2.75, 3.05) is 0 Å². The van der Waals surface area contributed by atoms with Crippen LogP contribution in [-0.2, 0) is 36.8 Å². The van der Waals surface area contributed by atoms with Crippen LogP contribution >= 0.6 is 0 Å². The maximum Gasteiger partial charge on any atom is 0.373 e. The first-order valence-electron chi connectivity index (χ1n) is 7.08. The van der Waals surface area contributed by atoms with Gasteiger partial charge in [0.15, 0.2) is 0 Å². The first kappa shape index (κ1) is 25.5. The second kappa shape index (κ2) is 14.6. The summed E-state index contributed by atoms with van der Waals surface area (Å²) in [6.45, 7) is 0. The number of phenolic OH excluding ortho intramolecular Hbond substituents is 2. The maximum absolute atomic E-state index is 10.7. The molecule has 0 atom stereocenters. The number of Topliss-reactive ketones (excluding diaryl/α,β-unsaturated/α-hetero) is 1. The minimum Gasteiger partial charge on any atom is -0.508 e. The molecule has 2 aromatic carbocycles. The van der Waals surface area contributed by atoms with Crippen LogP contribution in [0.15, 0.2) is 48.5 Å². The molecule has 0 spiro atoms. The van der Waals surface area contributed by atoms with Crippen LogP contribution in [0.5, 0.6) is 11.5 Å². The Bertz CT molecular complexity index is 742. The van der Waals surface area contributed by atoms with Crippen LogP contribution in [-0.4, -0.2) is 39.5 Å². The number of carboxylic acids is 1. The molecule has 0 bridgehead atoms. The molecule has 0 aliphatic carbocycles. The maximum atomic E-state index is 10.7. The van der Waals surface area contributed by atoms with E-state index in [2.05, 4.69) is 0 Å². The van der Waals surface area contributed by atoms with E-state index in [1.54, 1.807) is 24.3 Å². The molecule has 0 aliphatic heterocycles. The highest BCUT2D eigenvalue weighted by atomic mass is 16.4. The minimum atomic E-state index is -1.44. The van der Waals surface area contributed by atoms with E-state index < -0.39 is 11.8 Å². The Labute approximate surface area is 155 Å². The summed E-state index contributed by atoms with van der Waals surface area (Å²) >= 11 is 0. The van der Waals surface area contributed by atoms with Gasteiger partial charge in [0, 0.05) is 12.8 Å². The van der Waals surface area contributed by atoms with Crippen LogP contribution in [0.25, 0.3) is 0 Å². The summed E-state index contributed by atoms with van der Waals surface area (Å²) in [6, 6.07) is 12.4. The first-order chi connectivity index (χ1) is 12.3. The third kappa shape index (κ3) is 12.3. The van der Waals surface area contributed by atoms with Crippen molar-refractivity contribution in [2.45, 2.75) is 20.3 Å². The Hall–Kier alpha value is -3.77. The molecule has 8 heteroatoms. The van der Waals surface area contributed by atoms with Gasteiger partial charge in [0.1, 0.15) is 17.8 Å². The van der Waals surface area contributed by atoms with Gasteiger partial charge < -0.3 is 20.1 Å². The number of ketones is 1. The zero-order valence-electron chi connectivity index (χ0n) is 13.5. The zero-order chi connectivity index (χ0) is 19.9. The van der Waals surface area contributed by atoms with Crippen molar-refractivity contribution in [3.8, 4) is 11.5 Å². The number of aldehydes is 1. The van der Waals surface area contributed by atoms with E-state index in [1.807, 2.05) is 0 Å². The first-order valence-corrected chi connectivity index (χ1v) is 7.08. The van der Waals surface area contributed by atoms with Gasteiger partial charge in [0.05, 0.1) is 0 Å². The molecule has 2 aromatic rings. The molecule has 0 aliphatic rings. The van der Waals surface area contributed by atoms with Crippen LogP contribution in [0.1, 0.15) is 18.6 Å². The molecular weight excluding hydrogens is 356 g/mol. The van der Waals surface area contributed by atoms with Gasteiger partial charge in [0.25, 0.3) is 0 Å². The molecule has 3 N–H and O–H groups in total.